The van der Waals surface area contributed by atoms with Crippen molar-refractivity contribution in [3.05, 3.63) is 52.8 Å². The third kappa shape index (κ3) is 4.61. The van der Waals surface area contributed by atoms with Crippen LogP contribution >= 0.6 is 0 Å². The van der Waals surface area contributed by atoms with Gasteiger partial charge in [0, 0.05) is 60.1 Å². The van der Waals surface area contributed by atoms with E-state index in [0.29, 0.717) is 11.8 Å². The van der Waals surface area contributed by atoms with Gasteiger partial charge in [-0.15, -0.1) is 0 Å². The fourth-order valence-corrected chi connectivity index (χ4v) is 6.25. The first-order valence-corrected chi connectivity index (χ1v) is 12.9. The lowest BCUT2D eigenvalue weighted by Crippen LogP contribution is -2.49. The number of pyridine rings is 1. The third-order valence-electron chi connectivity index (χ3n) is 8.03. The standard InChI is InChI=1S/C29H40N4/c1-19(2)28-26-18-23(22-6-9-25(10-7-22)33-14-12-32(5)13-15-33)8-11-27(26)31-29(28)24-16-20(3)30-21(4)17-24/h8,11,16-19,22,25,31H,6-7,9-10,12-15H2,1-5H3. The maximum atomic E-state index is 4.59. The number of rotatable bonds is 4. The van der Waals surface area contributed by atoms with Gasteiger partial charge in [0.15, 0.2) is 0 Å². The Bertz CT molecular complexity index is 1090. The van der Waals surface area contributed by atoms with E-state index in [-0.39, 0.29) is 0 Å². The minimum Gasteiger partial charge on any atom is -0.354 e. The predicted molar refractivity (Wildman–Crippen MR) is 139 cm³/mol. The molecule has 1 N–H and O–H groups in total. The quantitative estimate of drug-likeness (QED) is 0.517. The SMILES string of the molecule is Cc1cc(-c2[nH]c3ccc(C4CCC(N5CCN(C)CC5)CC4)cc3c2C(C)C)cc(C)n1. The highest BCUT2D eigenvalue weighted by atomic mass is 15.3. The molecular weight excluding hydrogens is 404 g/mol. The van der Waals surface area contributed by atoms with E-state index >= 15 is 0 Å². The molecule has 0 spiro atoms. The molecular formula is C29H40N4. The number of nitrogens with one attached hydrogen (secondary N) is 1. The summed E-state index contributed by atoms with van der Waals surface area (Å²) in [6.45, 7) is 13.8. The van der Waals surface area contributed by atoms with Crippen LogP contribution in [0.5, 0.6) is 0 Å². The van der Waals surface area contributed by atoms with E-state index in [1.165, 1.54) is 85.1 Å². The minimum atomic E-state index is 0.464. The Balaban J connectivity index is 1.40. The number of hydrogen-bond donors (Lipinski definition) is 1. The Morgan fingerprint density at radius 2 is 1.58 bits per heavy atom. The Morgan fingerprint density at radius 1 is 0.909 bits per heavy atom. The van der Waals surface area contributed by atoms with Crippen molar-refractivity contribution in [1.29, 1.82) is 0 Å². The summed E-state index contributed by atoms with van der Waals surface area (Å²) in [7, 11) is 2.25. The van der Waals surface area contributed by atoms with E-state index in [4.69, 9.17) is 0 Å². The summed E-state index contributed by atoms with van der Waals surface area (Å²) in [5, 5.41) is 1.41. The first-order chi connectivity index (χ1) is 15.9. The summed E-state index contributed by atoms with van der Waals surface area (Å²) in [4.78, 5) is 13.6. The van der Waals surface area contributed by atoms with Crippen LogP contribution in [-0.4, -0.2) is 59.0 Å². The molecule has 1 saturated carbocycles. The molecule has 4 nitrogen and oxygen atoms in total. The molecule has 1 aliphatic carbocycles. The van der Waals surface area contributed by atoms with Gasteiger partial charge in [0.05, 0.1) is 5.69 Å². The van der Waals surface area contributed by atoms with Gasteiger partial charge in [-0.3, -0.25) is 9.88 Å². The van der Waals surface area contributed by atoms with Crippen LogP contribution in [0.25, 0.3) is 22.2 Å². The molecule has 0 bridgehead atoms. The highest BCUT2D eigenvalue weighted by molar-refractivity contribution is 5.92. The molecule has 0 unspecified atom stereocenters. The van der Waals surface area contributed by atoms with Crippen LogP contribution in [-0.2, 0) is 0 Å². The number of benzene rings is 1. The fourth-order valence-electron chi connectivity index (χ4n) is 6.25. The number of aromatic nitrogens is 2. The van der Waals surface area contributed by atoms with Crippen molar-refractivity contribution in [1.82, 2.24) is 19.8 Å². The average molecular weight is 445 g/mol. The molecule has 176 valence electrons. The van der Waals surface area contributed by atoms with Gasteiger partial charge in [-0.1, -0.05) is 19.9 Å². The number of likely N-dealkylation sites (N-methyl/N-ethyl adjacent to an activating group) is 1. The zero-order valence-corrected chi connectivity index (χ0v) is 21.1. The molecule has 1 aromatic carbocycles. The van der Waals surface area contributed by atoms with Crippen LogP contribution in [0.3, 0.4) is 0 Å². The zero-order chi connectivity index (χ0) is 23.1. The normalized spacial score (nSPS) is 23.0. The van der Waals surface area contributed by atoms with Crippen LogP contribution in [0.2, 0.25) is 0 Å². The van der Waals surface area contributed by atoms with Crippen LogP contribution in [0.15, 0.2) is 30.3 Å². The third-order valence-corrected chi connectivity index (χ3v) is 8.03. The van der Waals surface area contributed by atoms with Gasteiger partial charge in [-0.05, 0) is 93.8 Å². The molecule has 2 aliphatic rings. The lowest BCUT2D eigenvalue weighted by Gasteiger charge is -2.41. The van der Waals surface area contributed by atoms with E-state index < -0.39 is 0 Å². The van der Waals surface area contributed by atoms with E-state index in [0.717, 1.165) is 17.4 Å². The molecule has 1 aliphatic heterocycles. The number of nitrogens with zero attached hydrogens (tertiary/aromatic N) is 3. The first kappa shape index (κ1) is 22.6. The van der Waals surface area contributed by atoms with Gasteiger partial charge in [0.2, 0.25) is 0 Å². The van der Waals surface area contributed by atoms with Crippen LogP contribution in [0.1, 0.15) is 73.9 Å². The summed E-state index contributed by atoms with van der Waals surface area (Å²) in [5.41, 5.74) is 8.93. The van der Waals surface area contributed by atoms with Crippen LogP contribution < -0.4 is 0 Å². The topological polar surface area (TPSA) is 35.2 Å². The molecule has 3 aromatic rings. The number of hydrogen-bond acceptors (Lipinski definition) is 3. The molecule has 4 heteroatoms. The lowest BCUT2D eigenvalue weighted by molar-refractivity contribution is 0.0878. The highest BCUT2D eigenvalue weighted by Gasteiger charge is 2.28. The Hall–Kier alpha value is -2.17. The number of aromatic amines is 1. The largest absolute Gasteiger partial charge is 0.354 e. The van der Waals surface area contributed by atoms with Crippen molar-refractivity contribution < 1.29 is 0 Å². The molecule has 0 radical (unpaired) electrons. The van der Waals surface area contributed by atoms with Gasteiger partial charge in [-0.2, -0.15) is 0 Å². The molecule has 5 rings (SSSR count). The first-order valence-electron chi connectivity index (χ1n) is 12.9. The molecule has 2 fully saturated rings. The predicted octanol–water partition coefficient (Wildman–Crippen LogP) is 6.24. The Labute approximate surface area is 199 Å². The van der Waals surface area contributed by atoms with Gasteiger partial charge < -0.3 is 9.88 Å². The van der Waals surface area contributed by atoms with Crippen molar-refractivity contribution in [2.45, 2.75) is 71.3 Å². The molecule has 3 heterocycles. The maximum Gasteiger partial charge on any atom is 0.0501 e. The molecule has 1 saturated heterocycles. The van der Waals surface area contributed by atoms with Crippen molar-refractivity contribution in [2.24, 2.45) is 0 Å². The van der Waals surface area contributed by atoms with Crippen molar-refractivity contribution in [3.63, 3.8) is 0 Å². The molecule has 33 heavy (non-hydrogen) atoms. The number of fused-ring (bicyclic) bond motifs is 1. The second kappa shape index (κ2) is 9.23. The van der Waals surface area contributed by atoms with Gasteiger partial charge in [-0.25, -0.2) is 0 Å². The Morgan fingerprint density at radius 3 is 2.21 bits per heavy atom. The van der Waals surface area contributed by atoms with E-state index in [2.05, 4.69) is 84.8 Å². The molecule has 2 aromatic heterocycles. The highest BCUT2D eigenvalue weighted by Crippen LogP contribution is 2.40. The second-order valence-electron chi connectivity index (χ2n) is 10.9. The second-order valence-corrected chi connectivity index (χ2v) is 10.9. The van der Waals surface area contributed by atoms with Crippen molar-refractivity contribution in [3.8, 4) is 11.3 Å². The van der Waals surface area contributed by atoms with Crippen molar-refractivity contribution in [2.75, 3.05) is 33.2 Å². The lowest BCUT2D eigenvalue weighted by atomic mass is 9.80. The van der Waals surface area contributed by atoms with E-state index in [1.54, 1.807) is 0 Å². The minimum absolute atomic E-state index is 0.464. The number of aryl methyl sites for hydroxylation is 2. The molecule has 0 amide bonds. The summed E-state index contributed by atoms with van der Waals surface area (Å²) >= 11 is 0. The van der Waals surface area contributed by atoms with Gasteiger partial charge in [0.1, 0.15) is 0 Å². The summed E-state index contributed by atoms with van der Waals surface area (Å²) in [6, 6.07) is 12.4. The number of H-pyrrole nitrogens is 1. The van der Waals surface area contributed by atoms with Crippen molar-refractivity contribution >= 4 is 10.9 Å². The van der Waals surface area contributed by atoms with Gasteiger partial charge >= 0.3 is 0 Å². The van der Waals surface area contributed by atoms with Gasteiger partial charge in [0.25, 0.3) is 0 Å². The van der Waals surface area contributed by atoms with Crippen LogP contribution in [0, 0.1) is 13.8 Å². The average Bonchev–Trinajstić information content (AvgIpc) is 3.18. The maximum absolute atomic E-state index is 4.59. The summed E-state index contributed by atoms with van der Waals surface area (Å²) in [6.07, 6.45) is 5.33. The smallest absolute Gasteiger partial charge is 0.0501 e. The van der Waals surface area contributed by atoms with E-state index in [9.17, 15) is 0 Å². The molecule has 0 atom stereocenters. The number of piperazine rings is 1. The summed E-state index contributed by atoms with van der Waals surface area (Å²) < 4.78 is 0. The summed E-state index contributed by atoms with van der Waals surface area (Å²) in [5.74, 6) is 1.16. The van der Waals surface area contributed by atoms with E-state index in [1.807, 2.05) is 0 Å². The zero-order valence-electron chi connectivity index (χ0n) is 21.1. The monoisotopic (exact) mass is 444 g/mol. The Kier molecular flexibility index (Phi) is 6.32. The van der Waals surface area contributed by atoms with Crippen LogP contribution in [0.4, 0.5) is 0 Å². The fraction of sp³-hybridized carbons (Fsp3) is 0.552.